The maximum absolute atomic E-state index is 9.85. The van der Waals surface area contributed by atoms with Gasteiger partial charge >= 0.3 is 0 Å². The summed E-state index contributed by atoms with van der Waals surface area (Å²) in [6, 6.07) is 9.80. The Bertz CT molecular complexity index is 516. The van der Waals surface area contributed by atoms with E-state index in [1.165, 1.54) is 0 Å². The number of aromatic nitrogens is 4. The molecule has 0 spiro atoms. The summed E-state index contributed by atoms with van der Waals surface area (Å²) in [5.41, 5.74) is 0.942. The molecule has 0 amide bonds. The fraction of sp³-hybridized carbons (Fsp3) is 0.417. The van der Waals surface area contributed by atoms with Crippen LogP contribution in [0.15, 0.2) is 35.5 Å². The smallest absolute Gasteiger partial charge is 0.214 e. The van der Waals surface area contributed by atoms with Crippen LogP contribution < -0.4 is 0 Å². The third-order valence-corrected chi connectivity index (χ3v) is 4.43. The molecular weight excluding hydrogens is 248 g/mol. The van der Waals surface area contributed by atoms with Crippen LogP contribution in [0.2, 0.25) is 0 Å². The van der Waals surface area contributed by atoms with Crippen molar-refractivity contribution < 1.29 is 5.11 Å². The molecule has 0 saturated heterocycles. The van der Waals surface area contributed by atoms with Crippen LogP contribution in [0.5, 0.6) is 0 Å². The van der Waals surface area contributed by atoms with Gasteiger partial charge in [0.05, 0.1) is 11.8 Å². The summed E-state index contributed by atoms with van der Waals surface area (Å²) in [7, 11) is 0. The van der Waals surface area contributed by atoms with E-state index >= 15 is 0 Å². The highest BCUT2D eigenvalue weighted by atomic mass is 32.2. The lowest BCUT2D eigenvalue weighted by Crippen LogP contribution is -2.16. The number of para-hydroxylation sites is 1. The van der Waals surface area contributed by atoms with Crippen molar-refractivity contribution >= 4 is 11.8 Å². The first-order valence-corrected chi connectivity index (χ1v) is 6.91. The van der Waals surface area contributed by atoms with Gasteiger partial charge in [-0.1, -0.05) is 30.0 Å². The first-order valence-electron chi connectivity index (χ1n) is 6.03. The molecule has 94 valence electrons. The highest BCUT2D eigenvalue weighted by molar-refractivity contribution is 7.99. The zero-order valence-electron chi connectivity index (χ0n) is 9.81. The summed E-state index contributed by atoms with van der Waals surface area (Å²) in [4.78, 5) is 0. The van der Waals surface area contributed by atoms with Crippen molar-refractivity contribution in [3.05, 3.63) is 30.3 Å². The second-order valence-corrected chi connectivity index (χ2v) is 5.57. The number of thioether (sulfide) groups is 1. The van der Waals surface area contributed by atoms with Gasteiger partial charge in [0, 0.05) is 5.25 Å². The highest BCUT2D eigenvalue weighted by Crippen LogP contribution is 2.34. The van der Waals surface area contributed by atoms with E-state index in [2.05, 4.69) is 15.5 Å². The van der Waals surface area contributed by atoms with Crippen molar-refractivity contribution in [2.24, 2.45) is 0 Å². The molecule has 0 unspecified atom stereocenters. The third kappa shape index (κ3) is 2.26. The fourth-order valence-electron chi connectivity index (χ4n) is 2.16. The first kappa shape index (κ1) is 11.7. The van der Waals surface area contributed by atoms with Gasteiger partial charge in [0.15, 0.2) is 0 Å². The molecule has 5 nitrogen and oxygen atoms in total. The highest BCUT2D eigenvalue weighted by Gasteiger charge is 2.28. The van der Waals surface area contributed by atoms with E-state index < -0.39 is 0 Å². The van der Waals surface area contributed by atoms with Gasteiger partial charge in [0.25, 0.3) is 0 Å². The van der Waals surface area contributed by atoms with Gasteiger partial charge < -0.3 is 5.11 Å². The normalized spacial score (nSPS) is 23.4. The van der Waals surface area contributed by atoms with Crippen molar-refractivity contribution in [2.75, 3.05) is 0 Å². The zero-order valence-corrected chi connectivity index (χ0v) is 10.6. The summed E-state index contributed by atoms with van der Waals surface area (Å²) < 4.78 is 1.72. The lowest BCUT2D eigenvalue weighted by Gasteiger charge is -2.12. The molecule has 1 aromatic carbocycles. The molecule has 0 bridgehead atoms. The van der Waals surface area contributed by atoms with Gasteiger partial charge in [-0.2, -0.15) is 4.68 Å². The van der Waals surface area contributed by atoms with Crippen LogP contribution in [0.1, 0.15) is 19.3 Å². The Morgan fingerprint density at radius 2 is 2.06 bits per heavy atom. The Kier molecular flexibility index (Phi) is 3.29. The van der Waals surface area contributed by atoms with Gasteiger partial charge in [0.1, 0.15) is 0 Å². The standard InChI is InChI=1S/C12H14N4OS/c17-10-7-4-8-11(10)18-12-13-14-15-16(12)9-5-2-1-3-6-9/h1-3,5-6,10-11,17H,4,7-8H2/t10-,11-/m0/s1. The summed E-state index contributed by atoms with van der Waals surface area (Å²) in [5, 5.41) is 22.6. The van der Waals surface area contributed by atoms with Gasteiger partial charge in [-0.25, -0.2) is 0 Å². The molecule has 1 heterocycles. The number of tetrazole rings is 1. The SMILES string of the molecule is O[C@H]1CCC[C@@H]1Sc1nnnn1-c1ccccc1. The molecule has 18 heavy (non-hydrogen) atoms. The van der Waals surface area contributed by atoms with E-state index in [4.69, 9.17) is 0 Å². The summed E-state index contributed by atoms with van der Waals surface area (Å²) in [6.07, 6.45) is 2.74. The van der Waals surface area contributed by atoms with Crippen molar-refractivity contribution in [2.45, 2.75) is 35.8 Å². The topological polar surface area (TPSA) is 63.8 Å². The molecule has 1 aliphatic rings. The van der Waals surface area contributed by atoms with Crippen LogP contribution >= 0.6 is 11.8 Å². The predicted molar refractivity (Wildman–Crippen MR) is 68.7 cm³/mol. The molecule has 1 aromatic heterocycles. The molecule has 0 radical (unpaired) electrons. The lowest BCUT2D eigenvalue weighted by molar-refractivity contribution is 0.188. The molecule has 6 heteroatoms. The minimum Gasteiger partial charge on any atom is -0.392 e. The van der Waals surface area contributed by atoms with Gasteiger partial charge in [-0.15, -0.1) is 5.10 Å². The van der Waals surface area contributed by atoms with Gasteiger partial charge in [-0.05, 0) is 41.8 Å². The number of benzene rings is 1. The third-order valence-electron chi connectivity index (χ3n) is 3.12. The molecule has 2 atom stereocenters. The molecule has 1 fully saturated rings. The number of nitrogens with zero attached hydrogens (tertiary/aromatic N) is 4. The number of rotatable bonds is 3. The molecule has 1 aliphatic carbocycles. The van der Waals surface area contributed by atoms with E-state index in [0.717, 1.165) is 30.1 Å². The minimum absolute atomic E-state index is 0.207. The lowest BCUT2D eigenvalue weighted by atomic mass is 10.3. The average Bonchev–Trinajstić information content (AvgIpc) is 3.01. The van der Waals surface area contributed by atoms with E-state index in [0.29, 0.717) is 0 Å². The van der Waals surface area contributed by atoms with Crippen molar-refractivity contribution in [3.63, 3.8) is 0 Å². The Balaban J connectivity index is 1.84. The molecule has 2 aromatic rings. The van der Waals surface area contributed by atoms with E-state index in [1.807, 2.05) is 30.3 Å². The van der Waals surface area contributed by atoms with Crippen LogP contribution in [-0.2, 0) is 0 Å². The molecular formula is C12H14N4OS. The number of hydrogen-bond acceptors (Lipinski definition) is 5. The summed E-state index contributed by atoms with van der Waals surface area (Å²) >= 11 is 1.56. The maximum Gasteiger partial charge on any atom is 0.214 e. The Morgan fingerprint density at radius 1 is 1.22 bits per heavy atom. The number of aliphatic hydroxyl groups excluding tert-OH is 1. The molecule has 1 N–H and O–H groups in total. The van der Waals surface area contributed by atoms with E-state index in [-0.39, 0.29) is 11.4 Å². The first-order chi connectivity index (χ1) is 8.84. The Hall–Kier alpha value is -1.40. The predicted octanol–water partition coefficient (Wildman–Crippen LogP) is 1.67. The van der Waals surface area contributed by atoms with Crippen molar-refractivity contribution in [1.82, 2.24) is 20.2 Å². The average molecular weight is 262 g/mol. The van der Waals surface area contributed by atoms with Crippen LogP contribution in [0.4, 0.5) is 0 Å². The number of aliphatic hydroxyl groups is 1. The molecule has 0 aliphatic heterocycles. The van der Waals surface area contributed by atoms with Crippen LogP contribution in [-0.4, -0.2) is 36.7 Å². The molecule has 1 saturated carbocycles. The largest absolute Gasteiger partial charge is 0.392 e. The van der Waals surface area contributed by atoms with Gasteiger partial charge in [-0.3, -0.25) is 0 Å². The van der Waals surface area contributed by atoms with Crippen LogP contribution in [0.3, 0.4) is 0 Å². The van der Waals surface area contributed by atoms with Crippen molar-refractivity contribution in [3.8, 4) is 5.69 Å². The zero-order chi connectivity index (χ0) is 12.4. The van der Waals surface area contributed by atoms with Crippen molar-refractivity contribution in [1.29, 1.82) is 0 Å². The quantitative estimate of drug-likeness (QED) is 0.911. The summed E-state index contributed by atoms with van der Waals surface area (Å²) in [6.45, 7) is 0. The maximum atomic E-state index is 9.85. The fourth-order valence-corrected chi connectivity index (χ4v) is 3.34. The van der Waals surface area contributed by atoms with Crippen LogP contribution in [0, 0.1) is 0 Å². The minimum atomic E-state index is -0.240. The second-order valence-electron chi connectivity index (χ2n) is 4.36. The monoisotopic (exact) mass is 262 g/mol. The van der Waals surface area contributed by atoms with E-state index in [1.54, 1.807) is 16.4 Å². The Morgan fingerprint density at radius 3 is 2.78 bits per heavy atom. The Labute approximate surface area is 109 Å². The molecule has 3 rings (SSSR count). The summed E-state index contributed by atoms with van der Waals surface area (Å²) in [5.74, 6) is 0. The second kappa shape index (κ2) is 5.07. The number of hydrogen-bond donors (Lipinski definition) is 1. The van der Waals surface area contributed by atoms with Crippen LogP contribution in [0.25, 0.3) is 5.69 Å². The van der Waals surface area contributed by atoms with Gasteiger partial charge in [0.2, 0.25) is 5.16 Å². The van der Waals surface area contributed by atoms with E-state index in [9.17, 15) is 5.11 Å².